The molecule has 0 aliphatic carbocycles. The van der Waals surface area contributed by atoms with Crippen molar-refractivity contribution in [3.05, 3.63) is 65.2 Å². The van der Waals surface area contributed by atoms with Crippen LogP contribution in [0.4, 0.5) is 0 Å². The summed E-state index contributed by atoms with van der Waals surface area (Å²) in [6.45, 7) is 2.89. The van der Waals surface area contributed by atoms with Crippen molar-refractivity contribution in [2.45, 2.75) is 19.8 Å². The van der Waals surface area contributed by atoms with Crippen LogP contribution in [-0.4, -0.2) is 42.1 Å². The van der Waals surface area contributed by atoms with E-state index >= 15 is 0 Å². The summed E-state index contributed by atoms with van der Waals surface area (Å²) in [5, 5.41) is 9.17. The number of carboxylic acids is 1. The average Bonchev–Trinajstić information content (AvgIpc) is 2.59. The number of amides is 1. The van der Waals surface area contributed by atoms with E-state index < -0.39 is 5.97 Å². The van der Waals surface area contributed by atoms with E-state index in [9.17, 15) is 14.7 Å². The summed E-state index contributed by atoms with van der Waals surface area (Å²) in [6, 6.07) is 14.5. The Morgan fingerprint density at radius 1 is 1.12 bits per heavy atom. The zero-order chi connectivity index (χ0) is 18.2. The van der Waals surface area contributed by atoms with Crippen LogP contribution in [0.2, 0.25) is 0 Å². The molecule has 0 saturated carbocycles. The third-order valence-corrected chi connectivity index (χ3v) is 3.97. The topological polar surface area (TPSA) is 66.8 Å². The molecule has 2 aromatic rings. The summed E-state index contributed by atoms with van der Waals surface area (Å²) in [6.07, 6.45) is 0.676. The lowest BCUT2D eigenvalue weighted by Gasteiger charge is -2.18. The second kappa shape index (κ2) is 8.87. The number of carbonyl (C=O) groups excluding carboxylic acids is 1. The number of ether oxygens (including phenoxy) is 1. The largest absolute Gasteiger partial charge is 0.492 e. The van der Waals surface area contributed by atoms with E-state index in [1.165, 1.54) is 0 Å². The summed E-state index contributed by atoms with van der Waals surface area (Å²) in [7, 11) is 1.73. The Bertz CT molecular complexity index is 742. The van der Waals surface area contributed by atoms with E-state index in [0.29, 0.717) is 25.1 Å². The number of hydrogen-bond donors (Lipinski definition) is 1. The SMILES string of the molecule is Cc1cccc(OCCN(C)C(=O)CCc2ccccc2C(=O)O)c1. The number of likely N-dealkylation sites (N-methyl/N-ethyl adjacent to an activating group) is 1. The van der Waals surface area contributed by atoms with Gasteiger partial charge < -0.3 is 14.7 Å². The van der Waals surface area contributed by atoms with Crippen molar-refractivity contribution in [2.24, 2.45) is 0 Å². The van der Waals surface area contributed by atoms with E-state index in [-0.39, 0.29) is 17.9 Å². The first-order chi connectivity index (χ1) is 12.0. The van der Waals surface area contributed by atoms with Gasteiger partial charge in [-0.1, -0.05) is 30.3 Å². The van der Waals surface area contributed by atoms with Crippen LogP contribution in [0.25, 0.3) is 0 Å². The molecule has 1 N–H and O–H groups in total. The lowest BCUT2D eigenvalue weighted by molar-refractivity contribution is -0.130. The Kier molecular flexibility index (Phi) is 6.57. The van der Waals surface area contributed by atoms with E-state index in [0.717, 1.165) is 11.3 Å². The molecule has 25 heavy (non-hydrogen) atoms. The highest BCUT2D eigenvalue weighted by atomic mass is 16.5. The van der Waals surface area contributed by atoms with Gasteiger partial charge in [0.1, 0.15) is 12.4 Å². The van der Waals surface area contributed by atoms with Gasteiger partial charge in [0.15, 0.2) is 0 Å². The molecule has 1 amide bonds. The average molecular weight is 341 g/mol. The minimum Gasteiger partial charge on any atom is -0.492 e. The molecular formula is C20H23NO4. The lowest BCUT2D eigenvalue weighted by atomic mass is 10.0. The summed E-state index contributed by atoms with van der Waals surface area (Å²) < 4.78 is 5.65. The van der Waals surface area contributed by atoms with Gasteiger partial charge in [0, 0.05) is 13.5 Å². The van der Waals surface area contributed by atoms with Crippen molar-refractivity contribution in [2.75, 3.05) is 20.2 Å². The highest BCUT2D eigenvalue weighted by molar-refractivity contribution is 5.89. The van der Waals surface area contributed by atoms with E-state index in [4.69, 9.17) is 4.74 Å². The summed E-state index contributed by atoms with van der Waals surface area (Å²) >= 11 is 0. The van der Waals surface area contributed by atoms with Gasteiger partial charge >= 0.3 is 5.97 Å². The molecule has 0 spiro atoms. The van der Waals surface area contributed by atoms with E-state index in [2.05, 4.69) is 0 Å². The maximum absolute atomic E-state index is 12.2. The quantitative estimate of drug-likeness (QED) is 0.801. The molecule has 0 radical (unpaired) electrons. The molecule has 5 nitrogen and oxygen atoms in total. The number of rotatable bonds is 8. The molecular weight excluding hydrogens is 318 g/mol. The zero-order valence-corrected chi connectivity index (χ0v) is 14.6. The van der Waals surface area contributed by atoms with Crippen molar-refractivity contribution in [1.82, 2.24) is 4.90 Å². The van der Waals surface area contributed by atoms with E-state index in [1.807, 2.05) is 31.2 Å². The van der Waals surface area contributed by atoms with Gasteiger partial charge in [0.2, 0.25) is 5.91 Å². The first-order valence-electron chi connectivity index (χ1n) is 8.22. The minimum absolute atomic E-state index is 0.0342. The second-order valence-electron chi connectivity index (χ2n) is 5.94. The number of aromatic carboxylic acids is 1. The zero-order valence-electron chi connectivity index (χ0n) is 14.6. The highest BCUT2D eigenvalue weighted by Crippen LogP contribution is 2.13. The van der Waals surface area contributed by atoms with Crippen molar-refractivity contribution in [3.8, 4) is 5.75 Å². The molecule has 5 heteroatoms. The summed E-state index contributed by atoms with van der Waals surface area (Å²) in [4.78, 5) is 25.0. The highest BCUT2D eigenvalue weighted by Gasteiger charge is 2.13. The molecule has 0 aliphatic rings. The number of hydrogen-bond acceptors (Lipinski definition) is 3. The molecule has 0 atom stereocenters. The van der Waals surface area contributed by atoms with Crippen LogP contribution in [0.3, 0.4) is 0 Å². The van der Waals surface area contributed by atoms with Gasteiger partial charge in [-0.05, 0) is 42.7 Å². The van der Waals surface area contributed by atoms with Gasteiger partial charge in [-0.2, -0.15) is 0 Å². The normalized spacial score (nSPS) is 10.3. The standard InChI is InChI=1S/C20H23NO4/c1-15-6-5-8-17(14-15)25-13-12-21(2)19(22)11-10-16-7-3-4-9-18(16)20(23)24/h3-9,14H,10-13H2,1-2H3,(H,23,24). The maximum Gasteiger partial charge on any atom is 0.335 e. The Balaban J connectivity index is 1.80. The molecule has 132 valence electrons. The number of aryl methyl sites for hydroxylation is 2. The van der Waals surface area contributed by atoms with Crippen LogP contribution < -0.4 is 4.74 Å². The molecule has 0 fully saturated rings. The van der Waals surface area contributed by atoms with Crippen molar-refractivity contribution in [1.29, 1.82) is 0 Å². The van der Waals surface area contributed by atoms with Gasteiger partial charge in [0.05, 0.1) is 12.1 Å². The summed E-state index contributed by atoms with van der Waals surface area (Å²) in [5.74, 6) is -0.216. The maximum atomic E-state index is 12.2. The third-order valence-electron chi connectivity index (χ3n) is 3.97. The van der Waals surface area contributed by atoms with E-state index in [1.54, 1.807) is 36.2 Å². The number of carbonyl (C=O) groups is 2. The molecule has 2 rings (SSSR count). The fraction of sp³-hybridized carbons (Fsp3) is 0.300. The van der Waals surface area contributed by atoms with Gasteiger partial charge in [0.25, 0.3) is 0 Å². The third kappa shape index (κ3) is 5.64. The Labute approximate surface area is 147 Å². The fourth-order valence-electron chi connectivity index (χ4n) is 2.51. The van der Waals surface area contributed by atoms with Crippen LogP contribution in [0, 0.1) is 6.92 Å². The first-order valence-corrected chi connectivity index (χ1v) is 8.22. The predicted molar refractivity (Wildman–Crippen MR) is 96.0 cm³/mol. The summed E-state index contributed by atoms with van der Waals surface area (Å²) in [5.41, 5.74) is 2.05. The van der Waals surface area contributed by atoms with Crippen LogP contribution in [0.5, 0.6) is 5.75 Å². The molecule has 0 bridgehead atoms. The molecule has 0 aliphatic heterocycles. The number of benzene rings is 2. The van der Waals surface area contributed by atoms with Crippen LogP contribution in [0.1, 0.15) is 27.9 Å². The number of nitrogens with zero attached hydrogens (tertiary/aromatic N) is 1. The Morgan fingerprint density at radius 3 is 2.60 bits per heavy atom. The molecule has 0 aromatic heterocycles. The number of carboxylic acid groups (broad SMARTS) is 1. The smallest absolute Gasteiger partial charge is 0.335 e. The molecule has 0 saturated heterocycles. The van der Waals surface area contributed by atoms with Gasteiger partial charge in [-0.25, -0.2) is 4.79 Å². The van der Waals surface area contributed by atoms with Gasteiger partial charge in [-0.3, -0.25) is 4.79 Å². The van der Waals surface area contributed by atoms with Gasteiger partial charge in [-0.15, -0.1) is 0 Å². The van der Waals surface area contributed by atoms with Crippen molar-refractivity contribution in [3.63, 3.8) is 0 Å². The van der Waals surface area contributed by atoms with Crippen molar-refractivity contribution < 1.29 is 19.4 Å². The molecule has 0 heterocycles. The lowest BCUT2D eigenvalue weighted by Crippen LogP contribution is -2.31. The fourth-order valence-corrected chi connectivity index (χ4v) is 2.51. The first kappa shape index (κ1) is 18.5. The Morgan fingerprint density at radius 2 is 1.88 bits per heavy atom. The monoisotopic (exact) mass is 341 g/mol. The molecule has 2 aromatic carbocycles. The Hall–Kier alpha value is -2.82. The van der Waals surface area contributed by atoms with Crippen molar-refractivity contribution >= 4 is 11.9 Å². The van der Waals surface area contributed by atoms with Crippen LogP contribution in [-0.2, 0) is 11.2 Å². The van der Waals surface area contributed by atoms with Crippen LogP contribution in [0.15, 0.2) is 48.5 Å². The predicted octanol–water partition coefficient (Wildman–Crippen LogP) is 3.16. The minimum atomic E-state index is -0.969. The van der Waals surface area contributed by atoms with Crippen LogP contribution >= 0.6 is 0 Å². The molecule has 0 unspecified atom stereocenters. The second-order valence-corrected chi connectivity index (χ2v) is 5.94.